The number of nitrogens with one attached hydrogen (secondary N) is 2. The number of aromatic nitrogens is 5. The third-order valence-electron chi connectivity index (χ3n) is 6.80. The van der Waals surface area contributed by atoms with Crippen LogP contribution in [0.3, 0.4) is 0 Å². The molecule has 1 aliphatic rings. The molecular weight excluding hydrogens is 656 g/mol. The summed E-state index contributed by atoms with van der Waals surface area (Å²) in [5, 5.41) is 2.21. The van der Waals surface area contributed by atoms with Crippen molar-refractivity contribution in [2.45, 2.75) is 24.8 Å². The zero-order valence-corrected chi connectivity index (χ0v) is 27.8. The van der Waals surface area contributed by atoms with Gasteiger partial charge in [-0.05, 0) is 29.7 Å². The lowest BCUT2D eigenvalue weighted by atomic mass is 10.1. The summed E-state index contributed by atoms with van der Waals surface area (Å²) >= 11 is 0. The second kappa shape index (κ2) is 16.4. The van der Waals surface area contributed by atoms with E-state index in [4.69, 9.17) is 23.7 Å². The van der Waals surface area contributed by atoms with Crippen LogP contribution in [0.4, 0.5) is 22.4 Å². The van der Waals surface area contributed by atoms with E-state index in [1.54, 1.807) is 30.3 Å². The van der Waals surface area contributed by atoms with Crippen molar-refractivity contribution in [3.8, 4) is 35.0 Å². The number of rotatable bonds is 12. The van der Waals surface area contributed by atoms with Crippen LogP contribution in [0.5, 0.6) is 23.1 Å². The number of morpholine rings is 1. The Morgan fingerprint density at radius 1 is 1.00 bits per heavy atom. The van der Waals surface area contributed by atoms with Crippen molar-refractivity contribution >= 4 is 33.7 Å². The highest BCUT2D eigenvalue weighted by atomic mass is 32.2. The van der Waals surface area contributed by atoms with Crippen molar-refractivity contribution in [2.75, 3.05) is 61.6 Å². The first-order valence-corrected chi connectivity index (χ1v) is 16.5. The quantitative estimate of drug-likeness (QED) is 0.204. The van der Waals surface area contributed by atoms with Gasteiger partial charge in [-0.15, -0.1) is 0 Å². The van der Waals surface area contributed by atoms with Crippen LogP contribution in [0.1, 0.15) is 25.3 Å². The first-order chi connectivity index (χ1) is 23.7. The minimum absolute atomic E-state index is 0.112. The molecule has 16 nitrogen and oxygen atoms in total. The maximum Gasteiger partial charge on any atom is 0.413 e. The first kappa shape index (κ1) is 34.6. The van der Waals surface area contributed by atoms with E-state index in [1.807, 2.05) is 18.7 Å². The summed E-state index contributed by atoms with van der Waals surface area (Å²) in [6.45, 7) is 5.21. The van der Waals surface area contributed by atoms with Crippen LogP contribution in [-0.2, 0) is 19.5 Å². The predicted molar refractivity (Wildman–Crippen MR) is 178 cm³/mol. The van der Waals surface area contributed by atoms with Gasteiger partial charge in [0.1, 0.15) is 0 Å². The zero-order chi connectivity index (χ0) is 34.6. The molecule has 5 rings (SSSR count). The molecule has 0 aliphatic carbocycles. The smallest absolute Gasteiger partial charge is 0.413 e. The number of hydrogen-bond acceptors (Lipinski definition) is 14. The molecule has 49 heavy (non-hydrogen) atoms. The Morgan fingerprint density at radius 2 is 1.78 bits per heavy atom. The highest BCUT2D eigenvalue weighted by Gasteiger charge is 2.27. The van der Waals surface area contributed by atoms with Gasteiger partial charge in [0.15, 0.2) is 41.4 Å². The average Bonchev–Trinajstić information content (AvgIpc) is 3.11. The number of sulfonamides is 1. The summed E-state index contributed by atoms with van der Waals surface area (Å²) in [4.78, 5) is 35.0. The number of nitrogens with zero attached hydrogens (tertiary/aromatic N) is 6. The summed E-state index contributed by atoms with van der Waals surface area (Å²) in [5.41, 5.74) is 0.879. The van der Waals surface area contributed by atoms with Crippen molar-refractivity contribution in [2.24, 2.45) is 0 Å². The van der Waals surface area contributed by atoms with Gasteiger partial charge in [-0.3, -0.25) is 15.0 Å². The van der Waals surface area contributed by atoms with E-state index in [1.165, 1.54) is 38.0 Å². The number of pyridine rings is 1. The number of ether oxygens (including phenoxy) is 5. The van der Waals surface area contributed by atoms with E-state index in [9.17, 15) is 13.2 Å². The minimum atomic E-state index is -4.27. The largest absolute Gasteiger partial charge is 0.493 e. The van der Waals surface area contributed by atoms with Gasteiger partial charge < -0.3 is 28.6 Å². The lowest BCUT2D eigenvalue weighted by Gasteiger charge is -2.28. The molecule has 2 N–H and O–H groups in total. The number of para-hydroxylation sites is 2. The Hall–Kier alpha value is -5.73. The van der Waals surface area contributed by atoms with Crippen molar-refractivity contribution in [1.82, 2.24) is 24.9 Å². The second-order valence-electron chi connectivity index (χ2n) is 10.5. The van der Waals surface area contributed by atoms with Gasteiger partial charge in [-0.2, -0.15) is 18.4 Å². The molecule has 4 heterocycles. The van der Waals surface area contributed by atoms with Gasteiger partial charge in [0.2, 0.25) is 11.7 Å². The molecule has 1 fully saturated rings. The molecule has 256 valence electrons. The van der Waals surface area contributed by atoms with E-state index in [0.717, 1.165) is 5.56 Å². The molecule has 1 aromatic carbocycles. The molecule has 0 spiro atoms. The summed E-state index contributed by atoms with van der Waals surface area (Å²) < 4.78 is 57.9. The number of benzene rings is 1. The first-order valence-electron chi connectivity index (χ1n) is 15.1. The molecule has 0 radical (unpaired) electrons. The fraction of sp³-hybridized carbons (Fsp3) is 0.312. The van der Waals surface area contributed by atoms with Gasteiger partial charge in [-0.1, -0.05) is 43.9 Å². The Labute approximate surface area is 283 Å². The topological polar surface area (TPSA) is 189 Å². The number of amides is 1. The van der Waals surface area contributed by atoms with E-state index < -0.39 is 16.1 Å². The van der Waals surface area contributed by atoms with Crippen molar-refractivity contribution < 1.29 is 36.9 Å². The fourth-order valence-electron chi connectivity index (χ4n) is 4.28. The standard InChI is InChI=1S/C32H34N8O8S/c1-22(2)23-10-11-27(35-20-23)49(42,43)39-29-28(48-25-9-5-4-8-24(25)44-3)30(38-31(37-29)40-14-18-45-19-15-40)46-16-6-7-17-47-32(41)36-26-21-33-12-13-34-26/h4-5,8-13,20-22H,14-19H2,1-3H3,(H,34,36,41)(H,37,38,39). The predicted octanol–water partition coefficient (Wildman–Crippen LogP) is 3.85. The van der Waals surface area contributed by atoms with Crippen LogP contribution in [0, 0.1) is 11.8 Å². The third kappa shape index (κ3) is 9.43. The Kier molecular flexibility index (Phi) is 11.6. The van der Waals surface area contributed by atoms with E-state index in [-0.39, 0.29) is 59.1 Å². The van der Waals surface area contributed by atoms with Crippen LogP contribution >= 0.6 is 0 Å². The van der Waals surface area contributed by atoms with Crippen LogP contribution in [0.25, 0.3) is 0 Å². The van der Waals surface area contributed by atoms with Crippen LogP contribution < -0.4 is 29.1 Å². The summed E-state index contributed by atoms with van der Waals surface area (Å²) in [5.74, 6) is 6.12. The molecule has 0 saturated carbocycles. The lowest BCUT2D eigenvalue weighted by Crippen LogP contribution is -2.37. The second-order valence-corrected chi connectivity index (χ2v) is 12.1. The number of methoxy groups -OCH3 is 1. The molecule has 1 amide bonds. The molecule has 17 heteroatoms. The van der Waals surface area contributed by atoms with Crippen molar-refractivity contribution in [3.63, 3.8) is 0 Å². The number of carbonyl (C=O) groups is 1. The average molecular weight is 691 g/mol. The SMILES string of the molecule is COc1ccccc1Oc1c(NS(=O)(=O)c2ccc(C(C)C)cn2)nc(N2CCOCC2)nc1OCC#CCOC(=O)Nc1cnccn1. The number of carbonyl (C=O) groups excluding carboxylic acids is 1. The third-order valence-corrected chi connectivity index (χ3v) is 8.06. The highest BCUT2D eigenvalue weighted by molar-refractivity contribution is 7.92. The molecule has 0 unspecified atom stereocenters. The normalized spacial score (nSPS) is 12.8. The van der Waals surface area contributed by atoms with Crippen molar-refractivity contribution in [1.29, 1.82) is 0 Å². The maximum atomic E-state index is 13.6. The Bertz CT molecular complexity index is 1900. The van der Waals surface area contributed by atoms with Gasteiger partial charge in [0, 0.05) is 31.7 Å². The maximum absolute atomic E-state index is 13.6. The summed E-state index contributed by atoms with van der Waals surface area (Å²) in [6.07, 6.45) is 5.01. The fourth-order valence-corrected chi connectivity index (χ4v) is 5.22. The lowest BCUT2D eigenvalue weighted by molar-refractivity contribution is 0.122. The summed E-state index contributed by atoms with van der Waals surface area (Å²) in [7, 11) is -2.79. The minimum Gasteiger partial charge on any atom is -0.493 e. The number of hydrogen-bond donors (Lipinski definition) is 2. The highest BCUT2D eigenvalue weighted by Crippen LogP contribution is 2.41. The molecule has 3 aromatic heterocycles. The van der Waals surface area contributed by atoms with E-state index in [0.29, 0.717) is 32.1 Å². The monoisotopic (exact) mass is 690 g/mol. The van der Waals surface area contributed by atoms with Gasteiger partial charge >= 0.3 is 6.09 Å². The molecular formula is C32H34N8O8S. The zero-order valence-electron chi connectivity index (χ0n) is 27.0. The molecule has 1 aliphatic heterocycles. The van der Waals surface area contributed by atoms with Crippen LogP contribution in [0.15, 0.2) is 66.2 Å². The molecule has 0 atom stereocenters. The molecule has 1 saturated heterocycles. The Morgan fingerprint density at radius 3 is 2.47 bits per heavy atom. The van der Waals surface area contributed by atoms with Gasteiger partial charge in [-0.25, -0.2) is 14.8 Å². The summed E-state index contributed by atoms with van der Waals surface area (Å²) in [6, 6.07) is 9.90. The molecule has 0 bridgehead atoms. The number of anilines is 3. The van der Waals surface area contributed by atoms with E-state index in [2.05, 4.69) is 46.8 Å². The molecule has 4 aromatic rings. The van der Waals surface area contributed by atoms with Crippen molar-refractivity contribution in [3.05, 3.63) is 66.7 Å². The van der Waals surface area contributed by atoms with Gasteiger partial charge in [0.25, 0.3) is 15.9 Å². The van der Waals surface area contributed by atoms with Crippen LogP contribution in [0.2, 0.25) is 0 Å². The van der Waals surface area contributed by atoms with E-state index >= 15 is 0 Å². The van der Waals surface area contributed by atoms with Crippen LogP contribution in [-0.4, -0.2) is 86.1 Å². The Balaban J connectivity index is 1.44. The van der Waals surface area contributed by atoms with Gasteiger partial charge in [0.05, 0.1) is 26.5 Å².